The van der Waals surface area contributed by atoms with Crippen molar-refractivity contribution in [2.75, 3.05) is 0 Å². The van der Waals surface area contributed by atoms with Gasteiger partial charge in [-0.3, -0.25) is 0 Å². The van der Waals surface area contributed by atoms with Crippen LogP contribution in [0.25, 0.3) is 0 Å². The summed E-state index contributed by atoms with van der Waals surface area (Å²) >= 11 is 0. The zero-order valence-electron chi connectivity index (χ0n) is 12.6. The molecule has 0 bridgehead atoms. The molecule has 0 radical (unpaired) electrons. The summed E-state index contributed by atoms with van der Waals surface area (Å²) in [6, 6.07) is 15.3. The maximum Gasteiger partial charge on any atom is 0.489 e. The molecule has 21 heavy (non-hydrogen) atoms. The maximum atomic E-state index is 9.58. The van der Waals surface area contributed by atoms with Crippen molar-refractivity contribution in [1.29, 1.82) is 0 Å². The lowest BCUT2D eigenvalue weighted by molar-refractivity contribution is 0.425. The van der Waals surface area contributed by atoms with Gasteiger partial charge in [0.2, 0.25) is 0 Å². The second-order valence-corrected chi connectivity index (χ2v) is 6.04. The molecular weight excluding hydrogens is 259 g/mol. The molecule has 0 aromatic heterocycles. The average molecular weight is 278 g/mol. The smallest absolute Gasteiger partial charge is 0.423 e. The molecular formula is C18H19BO2. The highest BCUT2D eigenvalue weighted by atomic mass is 16.4. The molecule has 3 heteroatoms. The fourth-order valence-corrected chi connectivity index (χ4v) is 2.02. The molecule has 0 saturated carbocycles. The molecule has 2 aromatic carbocycles. The van der Waals surface area contributed by atoms with E-state index in [9.17, 15) is 10.0 Å². The molecule has 0 fully saturated rings. The van der Waals surface area contributed by atoms with Gasteiger partial charge >= 0.3 is 7.12 Å². The van der Waals surface area contributed by atoms with Gasteiger partial charge in [-0.25, -0.2) is 0 Å². The van der Waals surface area contributed by atoms with E-state index in [1.165, 1.54) is 0 Å². The molecule has 2 nitrogen and oxygen atoms in total. The van der Waals surface area contributed by atoms with Crippen LogP contribution in [0.3, 0.4) is 0 Å². The van der Waals surface area contributed by atoms with Crippen LogP contribution < -0.4 is 5.46 Å². The Morgan fingerprint density at radius 2 is 1.57 bits per heavy atom. The lowest BCUT2D eigenvalue weighted by Gasteiger charge is -2.20. The van der Waals surface area contributed by atoms with Crippen molar-refractivity contribution in [3.63, 3.8) is 0 Å². The largest absolute Gasteiger partial charge is 0.489 e. The van der Waals surface area contributed by atoms with Gasteiger partial charge in [-0.15, -0.1) is 0 Å². The zero-order valence-corrected chi connectivity index (χ0v) is 12.6. The minimum absolute atomic E-state index is 0.0466. The van der Waals surface area contributed by atoms with Crippen molar-refractivity contribution < 1.29 is 10.0 Å². The number of benzene rings is 2. The van der Waals surface area contributed by atoms with Crippen LogP contribution in [0.15, 0.2) is 48.5 Å². The van der Waals surface area contributed by atoms with Crippen LogP contribution in [0.4, 0.5) is 0 Å². The normalized spacial score (nSPS) is 10.7. The minimum atomic E-state index is -1.52. The molecule has 0 aliphatic rings. The van der Waals surface area contributed by atoms with Gasteiger partial charge in [0.15, 0.2) is 0 Å². The molecule has 0 saturated heterocycles. The first-order valence-corrected chi connectivity index (χ1v) is 6.95. The summed E-state index contributed by atoms with van der Waals surface area (Å²) < 4.78 is 0. The van der Waals surface area contributed by atoms with Crippen LogP contribution in [-0.4, -0.2) is 17.2 Å². The first-order valence-electron chi connectivity index (χ1n) is 6.95. The molecule has 0 unspecified atom stereocenters. The van der Waals surface area contributed by atoms with Crippen molar-refractivity contribution in [2.24, 2.45) is 0 Å². The van der Waals surface area contributed by atoms with E-state index in [-0.39, 0.29) is 5.41 Å². The summed E-state index contributed by atoms with van der Waals surface area (Å²) in [6.45, 7) is 6.27. The van der Waals surface area contributed by atoms with Gasteiger partial charge in [-0.05, 0) is 34.6 Å². The monoisotopic (exact) mass is 278 g/mol. The molecule has 0 spiro atoms. The molecule has 0 atom stereocenters. The van der Waals surface area contributed by atoms with Crippen LogP contribution in [0.2, 0.25) is 0 Å². The number of rotatable bonds is 1. The number of hydrogen-bond donors (Lipinski definition) is 2. The maximum absolute atomic E-state index is 9.58. The Hall–Kier alpha value is -2.02. The van der Waals surface area contributed by atoms with E-state index < -0.39 is 7.12 Å². The highest BCUT2D eigenvalue weighted by Gasteiger charge is 2.20. The van der Waals surface area contributed by atoms with Crippen LogP contribution in [0.5, 0.6) is 0 Å². The van der Waals surface area contributed by atoms with Crippen molar-refractivity contribution in [2.45, 2.75) is 26.2 Å². The van der Waals surface area contributed by atoms with Gasteiger partial charge in [0.05, 0.1) is 0 Å². The van der Waals surface area contributed by atoms with Gasteiger partial charge in [-0.2, -0.15) is 0 Å². The standard InChI is InChI=1S/C18H19BO2/c1-18(2,3)16-12-11-15(17(13-16)19(20)21)10-9-14-7-5-4-6-8-14/h4-8,11-13,20-21H,1-3H3. The van der Waals surface area contributed by atoms with Gasteiger partial charge < -0.3 is 10.0 Å². The highest BCUT2D eigenvalue weighted by molar-refractivity contribution is 6.59. The Morgan fingerprint density at radius 1 is 0.905 bits per heavy atom. The molecule has 0 amide bonds. The van der Waals surface area contributed by atoms with Crippen molar-refractivity contribution >= 4 is 12.6 Å². The second kappa shape index (κ2) is 6.18. The topological polar surface area (TPSA) is 40.5 Å². The Bertz CT molecular complexity index is 674. The Kier molecular flexibility index (Phi) is 4.52. The lowest BCUT2D eigenvalue weighted by Crippen LogP contribution is -2.33. The van der Waals surface area contributed by atoms with Gasteiger partial charge in [0, 0.05) is 11.1 Å². The third kappa shape index (κ3) is 3.98. The summed E-state index contributed by atoms with van der Waals surface area (Å²) in [4.78, 5) is 0. The first-order chi connectivity index (χ1) is 9.88. The summed E-state index contributed by atoms with van der Waals surface area (Å²) in [5.74, 6) is 6.06. The molecule has 0 aliphatic heterocycles. The second-order valence-electron chi connectivity index (χ2n) is 6.04. The lowest BCUT2D eigenvalue weighted by atomic mass is 9.73. The summed E-state index contributed by atoms with van der Waals surface area (Å²) in [5, 5.41) is 19.2. The number of hydrogen-bond acceptors (Lipinski definition) is 2. The fraction of sp³-hybridized carbons (Fsp3) is 0.222. The van der Waals surface area contributed by atoms with Crippen molar-refractivity contribution in [3.05, 3.63) is 65.2 Å². The Balaban J connectivity index is 2.43. The van der Waals surface area contributed by atoms with Crippen LogP contribution in [0, 0.1) is 11.8 Å². The van der Waals surface area contributed by atoms with E-state index in [2.05, 4.69) is 32.6 Å². The minimum Gasteiger partial charge on any atom is -0.423 e. The van der Waals surface area contributed by atoms with Crippen LogP contribution in [-0.2, 0) is 5.41 Å². The van der Waals surface area contributed by atoms with Crippen LogP contribution >= 0.6 is 0 Å². The summed E-state index contributed by atoms with van der Waals surface area (Å²) in [5.41, 5.74) is 2.99. The van der Waals surface area contributed by atoms with Crippen molar-refractivity contribution in [3.8, 4) is 11.8 Å². The first kappa shape index (κ1) is 15.4. The van der Waals surface area contributed by atoms with Crippen LogP contribution in [0.1, 0.15) is 37.5 Å². The Labute approximate surface area is 126 Å². The molecule has 0 aliphatic carbocycles. The average Bonchev–Trinajstić information content (AvgIpc) is 2.45. The van der Waals surface area contributed by atoms with Gasteiger partial charge in [0.1, 0.15) is 0 Å². The third-order valence-electron chi connectivity index (χ3n) is 3.31. The molecule has 0 heterocycles. The van der Waals surface area contributed by atoms with E-state index in [4.69, 9.17) is 0 Å². The molecule has 2 aromatic rings. The molecule has 2 N–H and O–H groups in total. The predicted molar refractivity (Wildman–Crippen MR) is 87.4 cm³/mol. The van der Waals surface area contributed by atoms with E-state index in [0.717, 1.165) is 11.1 Å². The third-order valence-corrected chi connectivity index (χ3v) is 3.31. The molecule has 2 rings (SSSR count). The summed E-state index contributed by atoms with van der Waals surface area (Å²) in [6.07, 6.45) is 0. The zero-order chi connectivity index (χ0) is 15.5. The predicted octanol–water partition coefficient (Wildman–Crippen LogP) is 2.06. The SMILES string of the molecule is CC(C)(C)c1ccc(C#Cc2ccccc2)c(B(O)O)c1. The Morgan fingerprint density at radius 3 is 2.14 bits per heavy atom. The fourth-order valence-electron chi connectivity index (χ4n) is 2.02. The summed E-state index contributed by atoms with van der Waals surface area (Å²) in [7, 11) is -1.52. The van der Waals surface area contributed by atoms with E-state index in [1.54, 1.807) is 0 Å². The molecule has 106 valence electrons. The quantitative estimate of drug-likeness (QED) is 0.619. The van der Waals surface area contributed by atoms with E-state index in [1.807, 2.05) is 48.5 Å². The van der Waals surface area contributed by atoms with Gasteiger partial charge in [-0.1, -0.05) is 62.9 Å². The highest BCUT2D eigenvalue weighted by Crippen LogP contribution is 2.21. The van der Waals surface area contributed by atoms with Crippen molar-refractivity contribution in [1.82, 2.24) is 0 Å². The van der Waals surface area contributed by atoms with E-state index in [0.29, 0.717) is 11.0 Å². The van der Waals surface area contributed by atoms with Gasteiger partial charge in [0.25, 0.3) is 0 Å². The van der Waals surface area contributed by atoms with E-state index >= 15 is 0 Å².